The lowest BCUT2D eigenvalue weighted by Gasteiger charge is -2.28. The maximum Gasteiger partial charge on any atom is 0.292 e. The average molecular weight is 208 g/mol. The van der Waals surface area contributed by atoms with Gasteiger partial charge in [-0.05, 0) is 6.07 Å². The summed E-state index contributed by atoms with van der Waals surface area (Å²) in [7, 11) is 0. The number of benzene rings is 1. The van der Waals surface area contributed by atoms with Crippen LogP contribution < -0.4 is 4.90 Å². The van der Waals surface area contributed by atoms with Gasteiger partial charge in [0.25, 0.3) is 5.69 Å². The molecule has 0 aliphatic carbocycles. The molecule has 80 valence electrons. The van der Waals surface area contributed by atoms with Crippen LogP contribution in [0, 0.1) is 10.1 Å². The molecule has 1 aliphatic heterocycles. The second-order valence-corrected chi connectivity index (χ2v) is 3.35. The number of nitrogens with zero attached hydrogens (tertiary/aromatic N) is 2. The van der Waals surface area contributed by atoms with E-state index in [0.717, 1.165) is 0 Å². The molecule has 1 saturated heterocycles. The third-order valence-electron chi connectivity index (χ3n) is 2.43. The van der Waals surface area contributed by atoms with Crippen LogP contribution in [0.5, 0.6) is 0 Å². The second kappa shape index (κ2) is 4.27. The van der Waals surface area contributed by atoms with Crippen molar-refractivity contribution in [1.29, 1.82) is 0 Å². The Morgan fingerprint density at radius 1 is 1.27 bits per heavy atom. The van der Waals surface area contributed by atoms with Gasteiger partial charge in [0, 0.05) is 19.2 Å². The van der Waals surface area contributed by atoms with Crippen molar-refractivity contribution >= 4 is 11.4 Å². The smallest absolute Gasteiger partial charge is 0.292 e. The number of ether oxygens (including phenoxy) is 1. The van der Waals surface area contributed by atoms with Gasteiger partial charge in [-0.25, -0.2) is 0 Å². The van der Waals surface area contributed by atoms with E-state index in [1.807, 2.05) is 11.0 Å². The first kappa shape index (κ1) is 9.92. The van der Waals surface area contributed by atoms with Crippen LogP contribution in [0.3, 0.4) is 0 Å². The van der Waals surface area contributed by atoms with E-state index in [0.29, 0.717) is 32.0 Å². The van der Waals surface area contributed by atoms with Gasteiger partial charge in [-0.1, -0.05) is 12.1 Å². The molecule has 5 nitrogen and oxygen atoms in total. The Kier molecular flexibility index (Phi) is 2.82. The molecule has 1 aromatic carbocycles. The van der Waals surface area contributed by atoms with Crippen LogP contribution in [0.4, 0.5) is 11.4 Å². The van der Waals surface area contributed by atoms with Gasteiger partial charge in [-0.3, -0.25) is 10.1 Å². The first-order valence-corrected chi connectivity index (χ1v) is 4.85. The monoisotopic (exact) mass is 208 g/mol. The molecular weight excluding hydrogens is 196 g/mol. The molecule has 0 aromatic heterocycles. The topological polar surface area (TPSA) is 55.6 Å². The summed E-state index contributed by atoms with van der Waals surface area (Å²) in [5.74, 6) is 0. The quantitative estimate of drug-likeness (QED) is 0.545. The Balaban J connectivity index is 2.29. The fourth-order valence-corrected chi connectivity index (χ4v) is 1.69. The molecule has 5 heteroatoms. The molecule has 0 unspecified atom stereocenters. The van der Waals surface area contributed by atoms with Crippen molar-refractivity contribution in [2.45, 2.75) is 0 Å². The SMILES string of the molecule is O=[N+]([O-])c1ccccc1N1CCOCC1. The molecule has 0 saturated carbocycles. The van der Waals surface area contributed by atoms with Crippen molar-refractivity contribution in [2.75, 3.05) is 31.2 Å². The summed E-state index contributed by atoms with van der Waals surface area (Å²) in [6, 6.07) is 6.81. The number of hydrogen-bond donors (Lipinski definition) is 0. The summed E-state index contributed by atoms with van der Waals surface area (Å²) >= 11 is 0. The summed E-state index contributed by atoms with van der Waals surface area (Å²) < 4.78 is 5.21. The highest BCUT2D eigenvalue weighted by atomic mass is 16.6. The number of morpholine rings is 1. The van der Waals surface area contributed by atoms with Crippen LogP contribution >= 0.6 is 0 Å². The van der Waals surface area contributed by atoms with Crippen molar-refractivity contribution in [2.24, 2.45) is 0 Å². The van der Waals surface area contributed by atoms with Gasteiger partial charge in [0.05, 0.1) is 18.1 Å². The van der Waals surface area contributed by atoms with Crippen LogP contribution in [0.15, 0.2) is 24.3 Å². The van der Waals surface area contributed by atoms with E-state index in [4.69, 9.17) is 4.74 Å². The van der Waals surface area contributed by atoms with Crippen LogP contribution in [-0.4, -0.2) is 31.2 Å². The molecule has 0 amide bonds. The summed E-state index contributed by atoms with van der Waals surface area (Å²) in [5, 5.41) is 10.8. The fraction of sp³-hybridized carbons (Fsp3) is 0.400. The molecule has 1 heterocycles. The molecule has 2 rings (SSSR count). The minimum Gasteiger partial charge on any atom is -0.378 e. The van der Waals surface area contributed by atoms with E-state index in [-0.39, 0.29) is 10.6 Å². The van der Waals surface area contributed by atoms with E-state index in [2.05, 4.69) is 0 Å². The Bertz CT molecular complexity index is 361. The van der Waals surface area contributed by atoms with Crippen molar-refractivity contribution in [3.8, 4) is 0 Å². The van der Waals surface area contributed by atoms with Crippen molar-refractivity contribution < 1.29 is 9.66 Å². The average Bonchev–Trinajstić information content (AvgIpc) is 2.30. The molecule has 0 radical (unpaired) electrons. The lowest BCUT2D eigenvalue weighted by Crippen LogP contribution is -2.36. The summed E-state index contributed by atoms with van der Waals surface area (Å²) in [5.41, 5.74) is 0.852. The molecule has 1 aromatic rings. The maximum absolute atomic E-state index is 10.8. The van der Waals surface area contributed by atoms with Crippen molar-refractivity contribution in [3.63, 3.8) is 0 Å². The molecule has 15 heavy (non-hydrogen) atoms. The zero-order valence-corrected chi connectivity index (χ0v) is 8.26. The summed E-state index contributed by atoms with van der Waals surface area (Å²) in [4.78, 5) is 12.5. The predicted molar refractivity (Wildman–Crippen MR) is 56.1 cm³/mol. The Labute approximate surface area is 87.4 Å². The maximum atomic E-state index is 10.8. The number of rotatable bonds is 2. The molecule has 0 bridgehead atoms. The van der Waals surface area contributed by atoms with Gasteiger partial charge in [0.15, 0.2) is 0 Å². The lowest BCUT2D eigenvalue weighted by atomic mass is 10.2. The predicted octanol–water partition coefficient (Wildman–Crippen LogP) is 1.43. The van der Waals surface area contributed by atoms with Gasteiger partial charge in [0.1, 0.15) is 5.69 Å². The van der Waals surface area contributed by atoms with Crippen molar-refractivity contribution in [1.82, 2.24) is 0 Å². The Morgan fingerprint density at radius 3 is 2.60 bits per heavy atom. The van der Waals surface area contributed by atoms with E-state index in [9.17, 15) is 10.1 Å². The number of para-hydroxylation sites is 2. The molecule has 1 fully saturated rings. The Hall–Kier alpha value is -1.62. The van der Waals surface area contributed by atoms with E-state index in [1.54, 1.807) is 12.1 Å². The molecule has 0 spiro atoms. The molecule has 0 atom stereocenters. The van der Waals surface area contributed by atoms with E-state index >= 15 is 0 Å². The number of nitro benzene ring substituents is 1. The first-order valence-electron chi connectivity index (χ1n) is 4.85. The van der Waals surface area contributed by atoms with Gasteiger partial charge in [-0.15, -0.1) is 0 Å². The van der Waals surface area contributed by atoms with Crippen LogP contribution in [-0.2, 0) is 4.74 Å². The zero-order chi connectivity index (χ0) is 10.7. The van der Waals surface area contributed by atoms with Crippen LogP contribution in [0.25, 0.3) is 0 Å². The summed E-state index contributed by atoms with van der Waals surface area (Å²) in [6.45, 7) is 2.69. The highest BCUT2D eigenvalue weighted by molar-refractivity contribution is 5.63. The molecule has 0 N–H and O–H groups in total. The highest BCUT2D eigenvalue weighted by Gasteiger charge is 2.19. The van der Waals surface area contributed by atoms with Crippen LogP contribution in [0.1, 0.15) is 0 Å². The fourth-order valence-electron chi connectivity index (χ4n) is 1.69. The minimum atomic E-state index is -0.342. The second-order valence-electron chi connectivity index (χ2n) is 3.35. The van der Waals surface area contributed by atoms with Crippen molar-refractivity contribution in [3.05, 3.63) is 34.4 Å². The van der Waals surface area contributed by atoms with Gasteiger partial charge < -0.3 is 9.64 Å². The van der Waals surface area contributed by atoms with E-state index < -0.39 is 0 Å². The summed E-state index contributed by atoms with van der Waals surface area (Å²) in [6.07, 6.45) is 0. The molecular formula is C10H12N2O3. The zero-order valence-electron chi connectivity index (χ0n) is 8.26. The van der Waals surface area contributed by atoms with Gasteiger partial charge in [-0.2, -0.15) is 0 Å². The third kappa shape index (κ3) is 2.07. The highest BCUT2D eigenvalue weighted by Crippen LogP contribution is 2.27. The Morgan fingerprint density at radius 2 is 1.93 bits per heavy atom. The minimum absolute atomic E-state index is 0.166. The lowest BCUT2D eigenvalue weighted by molar-refractivity contribution is -0.384. The van der Waals surface area contributed by atoms with Crippen LogP contribution in [0.2, 0.25) is 0 Å². The normalized spacial score (nSPS) is 16.4. The number of hydrogen-bond acceptors (Lipinski definition) is 4. The third-order valence-corrected chi connectivity index (χ3v) is 2.43. The van der Waals surface area contributed by atoms with E-state index in [1.165, 1.54) is 6.07 Å². The molecule has 1 aliphatic rings. The number of anilines is 1. The van der Waals surface area contributed by atoms with Gasteiger partial charge in [0.2, 0.25) is 0 Å². The number of nitro groups is 1. The standard InChI is InChI=1S/C10H12N2O3/c13-12(14)10-4-2-1-3-9(10)11-5-7-15-8-6-11/h1-4H,5-8H2. The van der Waals surface area contributed by atoms with Gasteiger partial charge >= 0.3 is 0 Å². The first-order chi connectivity index (χ1) is 7.29. The largest absolute Gasteiger partial charge is 0.378 e.